The normalized spacial score (nSPS) is 11.9. The first kappa shape index (κ1) is 18.7. The van der Waals surface area contributed by atoms with Crippen LogP contribution in [0.15, 0.2) is 83.4 Å². The second kappa shape index (κ2) is 8.19. The van der Waals surface area contributed by atoms with Gasteiger partial charge in [0.1, 0.15) is 18.0 Å². The number of aromatic nitrogens is 1. The van der Waals surface area contributed by atoms with Gasteiger partial charge in [-0.05, 0) is 30.7 Å². The van der Waals surface area contributed by atoms with Crippen LogP contribution in [0.2, 0.25) is 0 Å². The third kappa shape index (κ3) is 4.14. The highest BCUT2D eigenvalue weighted by Gasteiger charge is 2.22. The molecule has 0 N–H and O–H groups in total. The molecule has 2 aromatic heterocycles. The van der Waals surface area contributed by atoms with Crippen molar-refractivity contribution < 1.29 is 13.9 Å². The molecule has 146 valence electrons. The van der Waals surface area contributed by atoms with Crippen molar-refractivity contribution in [1.82, 2.24) is 9.88 Å². The second-order valence-corrected chi connectivity index (χ2v) is 6.94. The van der Waals surface area contributed by atoms with Crippen molar-refractivity contribution in [3.63, 3.8) is 0 Å². The predicted molar refractivity (Wildman–Crippen MR) is 112 cm³/mol. The van der Waals surface area contributed by atoms with Crippen molar-refractivity contribution in [2.45, 2.75) is 19.6 Å². The number of furan rings is 1. The molecule has 0 saturated heterocycles. The van der Waals surface area contributed by atoms with Gasteiger partial charge in [-0.2, -0.15) is 0 Å². The fourth-order valence-corrected chi connectivity index (χ4v) is 3.13. The Balaban J connectivity index is 1.48. The van der Waals surface area contributed by atoms with Gasteiger partial charge in [-0.1, -0.05) is 48.5 Å². The molecule has 0 saturated carbocycles. The van der Waals surface area contributed by atoms with Crippen LogP contribution in [0.5, 0.6) is 5.88 Å². The molecule has 1 atom stereocenters. The average Bonchev–Trinajstić information content (AvgIpc) is 3.21. The number of rotatable bonds is 6. The molecule has 1 amide bonds. The number of pyridine rings is 1. The van der Waals surface area contributed by atoms with Crippen LogP contribution in [-0.4, -0.2) is 22.8 Å². The number of hydrogen-bond donors (Lipinski definition) is 0. The minimum atomic E-state index is -0.211. The summed E-state index contributed by atoms with van der Waals surface area (Å²) in [7, 11) is 1.77. The minimum Gasteiger partial charge on any atom is -0.473 e. The first-order chi connectivity index (χ1) is 14.1. The summed E-state index contributed by atoms with van der Waals surface area (Å²) in [5.74, 6) is 1.05. The molecule has 5 nitrogen and oxygen atoms in total. The molecular formula is C24H22N2O3. The molecular weight excluding hydrogens is 364 g/mol. The summed E-state index contributed by atoms with van der Waals surface area (Å²) in [5.41, 5.74) is 2.38. The third-order valence-electron chi connectivity index (χ3n) is 4.97. The number of fused-ring (bicyclic) bond motifs is 1. The fourth-order valence-electron chi connectivity index (χ4n) is 3.13. The molecule has 5 heteroatoms. The Kier molecular flexibility index (Phi) is 5.29. The highest BCUT2D eigenvalue weighted by Crippen LogP contribution is 2.27. The summed E-state index contributed by atoms with van der Waals surface area (Å²) in [5, 5.41) is 1.02. The van der Waals surface area contributed by atoms with Gasteiger partial charge in [0.25, 0.3) is 5.91 Å². The van der Waals surface area contributed by atoms with Crippen molar-refractivity contribution in [1.29, 1.82) is 0 Å². The number of nitrogens with zero attached hydrogens (tertiary/aromatic N) is 2. The smallest absolute Gasteiger partial charge is 0.254 e. The lowest BCUT2D eigenvalue weighted by Crippen LogP contribution is -2.29. The van der Waals surface area contributed by atoms with Crippen LogP contribution < -0.4 is 4.74 Å². The molecule has 0 spiro atoms. The van der Waals surface area contributed by atoms with Gasteiger partial charge in [0.05, 0.1) is 6.04 Å². The van der Waals surface area contributed by atoms with E-state index in [-0.39, 0.29) is 11.9 Å². The molecule has 4 aromatic rings. The summed E-state index contributed by atoms with van der Waals surface area (Å²) < 4.78 is 11.7. The third-order valence-corrected chi connectivity index (χ3v) is 4.97. The van der Waals surface area contributed by atoms with Gasteiger partial charge in [0, 0.05) is 30.3 Å². The summed E-state index contributed by atoms with van der Waals surface area (Å²) in [6, 6.07) is 22.8. The summed E-state index contributed by atoms with van der Waals surface area (Å²) in [4.78, 5) is 18.9. The topological polar surface area (TPSA) is 55.6 Å². The molecule has 0 aliphatic rings. The van der Waals surface area contributed by atoms with Gasteiger partial charge in [-0.3, -0.25) is 4.79 Å². The van der Waals surface area contributed by atoms with Crippen molar-refractivity contribution in [2.75, 3.05) is 7.05 Å². The van der Waals surface area contributed by atoms with Crippen molar-refractivity contribution in [3.05, 3.63) is 95.9 Å². The molecule has 29 heavy (non-hydrogen) atoms. The van der Waals surface area contributed by atoms with E-state index < -0.39 is 0 Å². The monoisotopic (exact) mass is 386 g/mol. The maximum absolute atomic E-state index is 13.0. The predicted octanol–water partition coefficient (Wildman–Crippen LogP) is 5.24. The van der Waals surface area contributed by atoms with E-state index in [1.54, 1.807) is 30.3 Å². The van der Waals surface area contributed by atoms with E-state index >= 15 is 0 Å². The maximum atomic E-state index is 13.0. The van der Waals surface area contributed by atoms with Crippen molar-refractivity contribution in [3.8, 4) is 5.88 Å². The van der Waals surface area contributed by atoms with Crippen LogP contribution in [0, 0.1) is 0 Å². The minimum absolute atomic E-state index is 0.120. The number of ether oxygens (including phenoxy) is 1. The zero-order valence-corrected chi connectivity index (χ0v) is 16.4. The van der Waals surface area contributed by atoms with Gasteiger partial charge in [-0.25, -0.2) is 4.98 Å². The van der Waals surface area contributed by atoms with E-state index in [1.165, 1.54) is 0 Å². The van der Waals surface area contributed by atoms with Crippen LogP contribution in [0.3, 0.4) is 0 Å². The molecule has 2 heterocycles. The Labute approximate surface area is 169 Å². The van der Waals surface area contributed by atoms with Gasteiger partial charge in [-0.15, -0.1) is 0 Å². The summed E-state index contributed by atoms with van der Waals surface area (Å²) >= 11 is 0. The molecule has 0 fully saturated rings. The van der Waals surface area contributed by atoms with E-state index in [0.717, 1.165) is 22.3 Å². The van der Waals surface area contributed by atoms with E-state index in [9.17, 15) is 4.79 Å². The molecule has 0 aliphatic carbocycles. The van der Waals surface area contributed by atoms with Gasteiger partial charge >= 0.3 is 0 Å². The summed E-state index contributed by atoms with van der Waals surface area (Å²) in [6.07, 6.45) is 1.59. The lowest BCUT2D eigenvalue weighted by Gasteiger charge is -2.23. The standard InChI is InChI=1S/C24H22N2O3/c1-17(22-14-19-10-6-7-11-21(19)29-22)26(2)24(27)20-12-13-25-23(15-20)28-16-18-8-4-3-5-9-18/h3-15,17H,16H2,1-2H3. The Morgan fingerprint density at radius 3 is 2.62 bits per heavy atom. The van der Waals surface area contributed by atoms with Crippen LogP contribution in [0.4, 0.5) is 0 Å². The van der Waals surface area contributed by atoms with Crippen LogP contribution in [0.25, 0.3) is 11.0 Å². The Hall–Kier alpha value is -3.60. The summed E-state index contributed by atoms with van der Waals surface area (Å²) in [6.45, 7) is 2.35. The van der Waals surface area contributed by atoms with Gasteiger partial charge < -0.3 is 14.1 Å². The van der Waals surface area contributed by atoms with E-state index in [4.69, 9.17) is 9.15 Å². The molecule has 0 bridgehead atoms. The number of carbonyl (C=O) groups excluding carboxylic acids is 1. The number of amides is 1. The Morgan fingerprint density at radius 1 is 1.07 bits per heavy atom. The maximum Gasteiger partial charge on any atom is 0.254 e. The van der Waals surface area contributed by atoms with Gasteiger partial charge in [0.15, 0.2) is 0 Å². The van der Waals surface area contributed by atoms with E-state index in [0.29, 0.717) is 18.1 Å². The van der Waals surface area contributed by atoms with Crippen molar-refractivity contribution in [2.24, 2.45) is 0 Å². The van der Waals surface area contributed by atoms with Crippen molar-refractivity contribution >= 4 is 16.9 Å². The highest BCUT2D eigenvalue weighted by molar-refractivity contribution is 5.94. The van der Waals surface area contributed by atoms with Gasteiger partial charge in [0.2, 0.25) is 5.88 Å². The highest BCUT2D eigenvalue weighted by atomic mass is 16.5. The van der Waals surface area contributed by atoms with Crippen LogP contribution >= 0.6 is 0 Å². The first-order valence-corrected chi connectivity index (χ1v) is 9.50. The average molecular weight is 386 g/mol. The Bertz CT molecular complexity index is 1090. The van der Waals surface area contributed by atoms with E-state index in [1.807, 2.05) is 67.6 Å². The Morgan fingerprint density at radius 2 is 1.83 bits per heavy atom. The number of hydrogen-bond acceptors (Lipinski definition) is 4. The van der Waals surface area contributed by atoms with E-state index in [2.05, 4.69) is 4.98 Å². The second-order valence-electron chi connectivity index (χ2n) is 6.94. The SMILES string of the molecule is CC(c1cc2ccccc2o1)N(C)C(=O)c1ccnc(OCc2ccccc2)c1. The number of benzene rings is 2. The first-order valence-electron chi connectivity index (χ1n) is 9.50. The molecule has 2 aromatic carbocycles. The van der Waals surface area contributed by atoms with Crippen LogP contribution in [0.1, 0.15) is 34.6 Å². The lowest BCUT2D eigenvalue weighted by atomic mass is 10.1. The molecule has 4 rings (SSSR count). The fraction of sp³-hybridized carbons (Fsp3) is 0.167. The molecule has 0 radical (unpaired) electrons. The van der Waals surface area contributed by atoms with Crippen LogP contribution in [-0.2, 0) is 6.61 Å². The lowest BCUT2D eigenvalue weighted by molar-refractivity contribution is 0.0727. The molecule has 0 aliphatic heterocycles. The zero-order valence-electron chi connectivity index (χ0n) is 16.4. The largest absolute Gasteiger partial charge is 0.473 e. The zero-order chi connectivity index (χ0) is 20.2. The quantitative estimate of drug-likeness (QED) is 0.455. The number of para-hydroxylation sites is 1. The molecule has 1 unspecified atom stereocenters. The number of carbonyl (C=O) groups is 1.